The van der Waals surface area contributed by atoms with E-state index in [2.05, 4.69) is 16.0 Å². The SMILES string of the molecule is COc1cccc(OC)c1-c1ccc(OCc2cccnc2C)c(CN2CC[C@H](O)C2)c1. The molecule has 6 heteroatoms. The average Bonchev–Trinajstić information content (AvgIpc) is 3.23. The quantitative estimate of drug-likeness (QED) is 0.573. The molecule has 1 atom stereocenters. The molecule has 4 rings (SSSR count). The van der Waals surface area contributed by atoms with Gasteiger partial charge in [0.1, 0.15) is 23.9 Å². The second-order valence-corrected chi connectivity index (χ2v) is 8.07. The van der Waals surface area contributed by atoms with Gasteiger partial charge in [0.05, 0.1) is 25.9 Å². The lowest BCUT2D eigenvalue weighted by Crippen LogP contribution is -2.22. The van der Waals surface area contributed by atoms with Crippen LogP contribution in [0.3, 0.4) is 0 Å². The van der Waals surface area contributed by atoms with Crippen LogP contribution in [0.25, 0.3) is 11.1 Å². The van der Waals surface area contributed by atoms with Crippen LogP contribution in [0.2, 0.25) is 0 Å². The Hall–Kier alpha value is -3.09. The van der Waals surface area contributed by atoms with Crippen LogP contribution in [0, 0.1) is 6.92 Å². The molecule has 1 aromatic heterocycles. The lowest BCUT2D eigenvalue weighted by molar-refractivity contribution is 0.174. The molecule has 0 amide bonds. The number of methoxy groups -OCH3 is 2. The molecule has 0 radical (unpaired) electrons. The number of pyridine rings is 1. The van der Waals surface area contributed by atoms with Crippen LogP contribution in [-0.2, 0) is 13.2 Å². The molecule has 1 fully saturated rings. The molecular formula is C26H30N2O4. The maximum atomic E-state index is 9.99. The van der Waals surface area contributed by atoms with Crippen molar-refractivity contribution in [1.82, 2.24) is 9.88 Å². The van der Waals surface area contributed by atoms with E-state index >= 15 is 0 Å². The standard InChI is InChI=1S/C26H30N2O4/c1-18-20(6-5-12-27-18)17-32-23-10-9-19(14-21(23)15-28-13-11-22(29)16-28)26-24(30-2)7-4-8-25(26)31-3/h4-10,12,14,22,29H,11,13,15-17H2,1-3H3/t22-/m0/s1. The predicted molar refractivity (Wildman–Crippen MR) is 124 cm³/mol. The van der Waals surface area contributed by atoms with Crippen LogP contribution in [0.5, 0.6) is 17.2 Å². The van der Waals surface area contributed by atoms with Gasteiger partial charge in [0.25, 0.3) is 0 Å². The Morgan fingerprint density at radius 1 is 1.00 bits per heavy atom. The normalized spacial score (nSPS) is 16.2. The topological polar surface area (TPSA) is 64.0 Å². The molecule has 2 heterocycles. The minimum Gasteiger partial charge on any atom is -0.496 e. The van der Waals surface area contributed by atoms with Gasteiger partial charge in [0.15, 0.2) is 0 Å². The summed E-state index contributed by atoms with van der Waals surface area (Å²) in [5.74, 6) is 2.34. The Morgan fingerprint density at radius 2 is 1.78 bits per heavy atom. The zero-order valence-corrected chi connectivity index (χ0v) is 18.9. The molecule has 32 heavy (non-hydrogen) atoms. The third-order valence-corrected chi connectivity index (χ3v) is 5.92. The Morgan fingerprint density at radius 3 is 2.44 bits per heavy atom. The van der Waals surface area contributed by atoms with Crippen molar-refractivity contribution in [2.24, 2.45) is 0 Å². The van der Waals surface area contributed by atoms with Gasteiger partial charge in [-0.05, 0) is 49.2 Å². The van der Waals surface area contributed by atoms with Gasteiger partial charge in [-0.2, -0.15) is 0 Å². The second kappa shape index (κ2) is 10.0. The fourth-order valence-electron chi connectivity index (χ4n) is 4.16. The fourth-order valence-corrected chi connectivity index (χ4v) is 4.16. The highest BCUT2D eigenvalue weighted by atomic mass is 16.5. The van der Waals surface area contributed by atoms with Crippen LogP contribution in [-0.4, -0.2) is 48.4 Å². The van der Waals surface area contributed by atoms with Gasteiger partial charge in [-0.25, -0.2) is 0 Å². The van der Waals surface area contributed by atoms with E-state index in [1.54, 1.807) is 20.4 Å². The van der Waals surface area contributed by atoms with Crippen LogP contribution in [0.1, 0.15) is 23.2 Å². The molecule has 1 aliphatic heterocycles. The number of aliphatic hydroxyl groups excluding tert-OH is 1. The molecule has 168 valence electrons. The van der Waals surface area contributed by atoms with Crippen molar-refractivity contribution in [1.29, 1.82) is 0 Å². The highest BCUT2D eigenvalue weighted by Gasteiger charge is 2.22. The van der Waals surface area contributed by atoms with E-state index in [0.29, 0.717) is 19.7 Å². The second-order valence-electron chi connectivity index (χ2n) is 8.07. The van der Waals surface area contributed by atoms with E-state index in [0.717, 1.165) is 58.2 Å². The number of β-amino-alcohol motifs (C(OH)–C–C–N with tert-alkyl or cyclic N) is 1. The summed E-state index contributed by atoms with van der Waals surface area (Å²) in [6.45, 7) is 4.67. The van der Waals surface area contributed by atoms with Crippen LogP contribution in [0.4, 0.5) is 0 Å². The Balaban J connectivity index is 1.68. The number of hydrogen-bond donors (Lipinski definition) is 1. The van der Waals surface area contributed by atoms with E-state index in [4.69, 9.17) is 14.2 Å². The molecule has 0 unspecified atom stereocenters. The number of likely N-dealkylation sites (tertiary alicyclic amines) is 1. The average molecular weight is 435 g/mol. The molecule has 3 aromatic rings. The summed E-state index contributed by atoms with van der Waals surface area (Å²) in [5, 5.41) is 9.99. The van der Waals surface area contributed by atoms with E-state index in [1.807, 2.05) is 49.4 Å². The number of nitrogens with zero attached hydrogens (tertiary/aromatic N) is 2. The first kappa shape index (κ1) is 22.1. The summed E-state index contributed by atoms with van der Waals surface area (Å²) in [6, 6.07) is 15.9. The van der Waals surface area contributed by atoms with Crippen molar-refractivity contribution in [3.63, 3.8) is 0 Å². The summed E-state index contributed by atoms with van der Waals surface area (Å²) in [7, 11) is 3.33. The number of hydrogen-bond acceptors (Lipinski definition) is 6. The smallest absolute Gasteiger partial charge is 0.130 e. The van der Waals surface area contributed by atoms with Crippen molar-refractivity contribution in [3.05, 3.63) is 71.5 Å². The number of benzene rings is 2. The van der Waals surface area contributed by atoms with Crippen molar-refractivity contribution in [2.75, 3.05) is 27.3 Å². The van der Waals surface area contributed by atoms with Crippen LogP contribution in [0.15, 0.2) is 54.7 Å². The maximum absolute atomic E-state index is 9.99. The maximum Gasteiger partial charge on any atom is 0.130 e. The first-order valence-electron chi connectivity index (χ1n) is 10.9. The van der Waals surface area contributed by atoms with Gasteiger partial charge >= 0.3 is 0 Å². The van der Waals surface area contributed by atoms with Crippen molar-refractivity contribution in [2.45, 2.75) is 32.6 Å². The zero-order chi connectivity index (χ0) is 22.5. The number of aliphatic hydroxyl groups is 1. The van der Waals surface area contributed by atoms with Gasteiger partial charge in [-0.3, -0.25) is 9.88 Å². The minimum absolute atomic E-state index is 0.269. The lowest BCUT2D eigenvalue weighted by atomic mass is 10.00. The first-order valence-corrected chi connectivity index (χ1v) is 10.9. The first-order chi connectivity index (χ1) is 15.6. The number of aryl methyl sites for hydroxylation is 1. The molecule has 0 bridgehead atoms. The molecule has 6 nitrogen and oxygen atoms in total. The highest BCUT2D eigenvalue weighted by molar-refractivity contribution is 5.78. The molecular weight excluding hydrogens is 404 g/mol. The van der Waals surface area contributed by atoms with Gasteiger partial charge in [-0.1, -0.05) is 18.2 Å². The summed E-state index contributed by atoms with van der Waals surface area (Å²) < 4.78 is 17.5. The highest BCUT2D eigenvalue weighted by Crippen LogP contribution is 2.40. The number of aromatic nitrogens is 1. The molecule has 0 spiro atoms. The van der Waals surface area contributed by atoms with E-state index in [9.17, 15) is 5.11 Å². The monoisotopic (exact) mass is 434 g/mol. The number of rotatable bonds is 8. The predicted octanol–water partition coefficient (Wildman–Crippen LogP) is 4.22. The molecule has 1 aliphatic rings. The Labute approximate surface area is 189 Å². The number of ether oxygens (including phenoxy) is 3. The Kier molecular flexibility index (Phi) is 6.93. The van der Waals surface area contributed by atoms with Crippen molar-refractivity contribution >= 4 is 0 Å². The summed E-state index contributed by atoms with van der Waals surface area (Å²) in [4.78, 5) is 6.61. The summed E-state index contributed by atoms with van der Waals surface area (Å²) in [5.41, 5.74) is 5.00. The van der Waals surface area contributed by atoms with Gasteiger partial charge in [0.2, 0.25) is 0 Å². The van der Waals surface area contributed by atoms with Crippen LogP contribution >= 0.6 is 0 Å². The molecule has 0 aliphatic carbocycles. The minimum atomic E-state index is -0.269. The molecule has 2 aromatic carbocycles. The van der Waals surface area contributed by atoms with Gasteiger partial charge < -0.3 is 19.3 Å². The summed E-state index contributed by atoms with van der Waals surface area (Å²) in [6.07, 6.45) is 2.32. The van der Waals surface area contributed by atoms with E-state index in [1.165, 1.54) is 0 Å². The molecule has 1 N–H and O–H groups in total. The fraction of sp³-hybridized carbons (Fsp3) is 0.346. The molecule has 0 saturated carbocycles. The van der Waals surface area contributed by atoms with Crippen molar-refractivity contribution < 1.29 is 19.3 Å². The largest absolute Gasteiger partial charge is 0.496 e. The summed E-state index contributed by atoms with van der Waals surface area (Å²) >= 11 is 0. The molecule has 1 saturated heterocycles. The lowest BCUT2D eigenvalue weighted by Gasteiger charge is -2.20. The van der Waals surface area contributed by atoms with Crippen molar-refractivity contribution in [3.8, 4) is 28.4 Å². The van der Waals surface area contributed by atoms with Gasteiger partial charge in [-0.15, -0.1) is 0 Å². The third kappa shape index (κ3) is 4.87. The Bertz CT molecular complexity index is 1050. The van der Waals surface area contributed by atoms with E-state index < -0.39 is 0 Å². The zero-order valence-electron chi connectivity index (χ0n) is 18.9. The van der Waals surface area contributed by atoms with Gasteiger partial charge in [0, 0.05) is 42.7 Å². The third-order valence-electron chi connectivity index (χ3n) is 5.92. The van der Waals surface area contributed by atoms with E-state index in [-0.39, 0.29) is 6.10 Å². The van der Waals surface area contributed by atoms with Crippen LogP contribution < -0.4 is 14.2 Å².